The molecular weight excluding hydrogens is 467 g/mol. The molecule has 2 aliphatic carbocycles. The summed E-state index contributed by atoms with van der Waals surface area (Å²) in [6.45, 7) is 0.300. The Morgan fingerprint density at radius 2 is 2.07 bits per heavy atom. The van der Waals surface area contributed by atoms with E-state index < -0.39 is 6.61 Å². The number of rotatable bonds is 7. The Kier molecular flexibility index (Phi) is 8.08. The van der Waals surface area contributed by atoms with Gasteiger partial charge < -0.3 is 20.1 Å². The topological polar surface area (TPSA) is 54.9 Å². The van der Waals surface area contributed by atoms with Crippen LogP contribution in [0.2, 0.25) is 0 Å². The number of nitrogens with zero attached hydrogens (tertiary/aromatic N) is 1. The van der Waals surface area contributed by atoms with E-state index in [4.69, 9.17) is 4.74 Å². The fraction of sp³-hybridized carbons (Fsp3) is 0.632. The zero-order chi connectivity index (χ0) is 18.6. The average Bonchev–Trinajstić information content (AvgIpc) is 2.56. The van der Waals surface area contributed by atoms with Crippen LogP contribution in [0.5, 0.6) is 5.75 Å². The molecular formula is C19H28F2IN3O2. The van der Waals surface area contributed by atoms with Gasteiger partial charge in [0.05, 0.1) is 6.10 Å². The van der Waals surface area contributed by atoms with Crippen LogP contribution in [0.1, 0.15) is 38.2 Å². The predicted molar refractivity (Wildman–Crippen MR) is 112 cm³/mol. The van der Waals surface area contributed by atoms with Crippen LogP contribution in [0, 0.1) is 5.41 Å². The van der Waals surface area contributed by atoms with Gasteiger partial charge in [-0.1, -0.05) is 24.6 Å². The molecule has 1 aromatic rings. The number of benzene rings is 1. The number of guanidine groups is 1. The lowest BCUT2D eigenvalue weighted by Crippen LogP contribution is -2.68. The van der Waals surface area contributed by atoms with E-state index >= 15 is 0 Å². The number of aliphatic imine (C=N–C) groups is 1. The summed E-state index contributed by atoms with van der Waals surface area (Å²) < 4.78 is 35.5. The van der Waals surface area contributed by atoms with E-state index in [0.717, 1.165) is 13.0 Å². The second-order valence-corrected chi connectivity index (χ2v) is 6.88. The largest absolute Gasteiger partial charge is 0.434 e. The molecule has 1 spiro atoms. The molecule has 2 N–H and O–H groups in total. The SMILES string of the molecule is CCOC1CC(NC(=NC)NCc2ccccc2OC(F)F)C12CCC2.I. The number of hydrogen-bond acceptors (Lipinski definition) is 3. The van der Waals surface area contributed by atoms with Gasteiger partial charge in [0.25, 0.3) is 0 Å². The average molecular weight is 495 g/mol. The van der Waals surface area contributed by atoms with Crippen molar-refractivity contribution in [1.82, 2.24) is 10.6 Å². The Morgan fingerprint density at radius 3 is 2.67 bits per heavy atom. The number of alkyl halides is 2. The second-order valence-electron chi connectivity index (χ2n) is 6.88. The minimum atomic E-state index is -2.84. The van der Waals surface area contributed by atoms with Gasteiger partial charge in [-0.3, -0.25) is 4.99 Å². The van der Waals surface area contributed by atoms with Crippen LogP contribution in [0.15, 0.2) is 29.3 Å². The van der Waals surface area contributed by atoms with Gasteiger partial charge >= 0.3 is 6.61 Å². The molecule has 0 aromatic heterocycles. The van der Waals surface area contributed by atoms with Crippen LogP contribution in [0.3, 0.4) is 0 Å². The monoisotopic (exact) mass is 495 g/mol. The molecule has 2 saturated carbocycles. The van der Waals surface area contributed by atoms with E-state index in [1.807, 2.05) is 6.92 Å². The van der Waals surface area contributed by atoms with Gasteiger partial charge in [-0.05, 0) is 32.3 Å². The number of hydrogen-bond donors (Lipinski definition) is 2. The summed E-state index contributed by atoms with van der Waals surface area (Å²) in [5, 5.41) is 6.69. The summed E-state index contributed by atoms with van der Waals surface area (Å²) in [6.07, 6.45) is 4.90. The number of halogens is 3. The van der Waals surface area contributed by atoms with E-state index in [1.165, 1.54) is 19.3 Å². The van der Waals surface area contributed by atoms with Crippen molar-refractivity contribution in [1.29, 1.82) is 0 Å². The lowest BCUT2D eigenvalue weighted by atomic mass is 9.51. The molecule has 2 atom stereocenters. The summed E-state index contributed by atoms with van der Waals surface area (Å²) in [6, 6.07) is 7.12. The first kappa shape index (κ1) is 22.1. The molecule has 0 amide bonds. The van der Waals surface area contributed by atoms with Gasteiger partial charge in [0.1, 0.15) is 5.75 Å². The molecule has 0 saturated heterocycles. The predicted octanol–water partition coefficient (Wildman–Crippen LogP) is 3.92. The maximum atomic E-state index is 12.5. The molecule has 0 heterocycles. The molecule has 27 heavy (non-hydrogen) atoms. The van der Waals surface area contributed by atoms with Crippen LogP contribution in [0.25, 0.3) is 0 Å². The summed E-state index contributed by atoms with van der Waals surface area (Å²) in [7, 11) is 1.71. The molecule has 8 heteroatoms. The summed E-state index contributed by atoms with van der Waals surface area (Å²) in [4.78, 5) is 4.28. The zero-order valence-electron chi connectivity index (χ0n) is 15.7. The van der Waals surface area contributed by atoms with Crippen LogP contribution >= 0.6 is 24.0 Å². The highest BCUT2D eigenvalue weighted by Gasteiger charge is 2.59. The second kappa shape index (κ2) is 9.86. The number of ether oxygens (including phenoxy) is 2. The van der Waals surface area contributed by atoms with Crippen molar-refractivity contribution in [3.63, 3.8) is 0 Å². The van der Waals surface area contributed by atoms with Gasteiger partial charge in [-0.25, -0.2) is 0 Å². The minimum Gasteiger partial charge on any atom is -0.434 e. The quantitative estimate of drug-likeness (QED) is 0.342. The fourth-order valence-corrected chi connectivity index (χ4v) is 4.04. The molecule has 1 aromatic carbocycles. The van der Waals surface area contributed by atoms with Crippen molar-refractivity contribution in [3.05, 3.63) is 29.8 Å². The number of nitrogens with one attached hydrogen (secondary N) is 2. The standard InChI is InChI=1S/C19H27F2N3O2.HI/c1-3-25-16-11-15(19(16)9-6-10-19)24-18(22-2)23-12-13-7-4-5-8-14(13)26-17(20)21;/h4-5,7-8,15-17H,3,6,9-12H2,1-2H3,(H2,22,23,24);1H. The molecule has 3 rings (SSSR count). The van der Waals surface area contributed by atoms with E-state index in [1.54, 1.807) is 31.3 Å². The first-order chi connectivity index (χ1) is 12.6. The van der Waals surface area contributed by atoms with E-state index in [-0.39, 0.29) is 35.1 Å². The van der Waals surface area contributed by atoms with E-state index in [2.05, 4.69) is 20.4 Å². The highest BCUT2D eigenvalue weighted by atomic mass is 127. The van der Waals surface area contributed by atoms with Crippen molar-refractivity contribution >= 4 is 29.9 Å². The van der Waals surface area contributed by atoms with Crippen LogP contribution in [-0.4, -0.2) is 38.4 Å². The third kappa shape index (κ3) is 4.82. The summed E-state index contributed by atoms with van der Waals surface area (Å²) >= 11 is 0. The highest BCUT2D eigenvalue weighted by molar-refractivity contribution is 14.0. The first-order valence-corrected chi connectivity index (χ1v) is 9.20. The number of para-hydroxylation sites is 1. The summed E-state index contributed by atoms with van der Waals surface area (Å²) in [5.74, 6) is 0.851. The van der Waals surface area contributed by atoms with Crippen molar-refractivity contribution in [3.8, 4) is 5.75 Å². The Balaban J connectivity index is 0.00000261. The van der Waals surface area contributed by atoms with Crippen LogP contribution in [0.4, 0.5) is 8.78 Å². The Bertz CT molecular complexity index is 641. The maximum Gasteiger partial charge on any atom is 0.387 e. The van der Waals surface area contributed by atoms with E-state index in [0.29, 0.717) is 30.2 Å². The lowest BCUT2D eigenvalue weighted by Gasteiger charge is -2.61. The Labute approximate surface area is 176 Å². The van der Waals surface area contributed by atoms with E-state index in [9.17, 15) is 8.78 Å². The molecule has 0 aliphatic heterocycles. The van der Waals surface area contributed by atoms with Crippen molar-refractivity contribution < 1.29 is 18.3 Å². The third-order valence-electron chi connectivity index (χ3n) is 5.61. The van der Waals surface area contributed by atoms with Gasteiger partial charge in [0.15, 0.2) is 5.96 Å². The van der Waals surface area contributed by atoms with Crippen LogP contribution in [-0.2, 0) is 11.3 Å². The molecule has 2 aliphatic rings. The molecule has 0 bridgehead atoms. The summed E-state index contributed by atoms with van der Waals surface area (Å²) in [5.41, 5.74) is 0.888. The van der Waals surface area contributed by atoms with Crippen molar-refractivity contribution in [2.45, 2.75) is 57.9 Å². The smallest absolute Gasteiger partial charge is 0.387 e. The third-order valence-corrected chi connectivity index (χ3v) is 5.61. The fourth-order valence-electron chi connectivity index (χ4n) is 4.04. The molecule has 2 fully saturated rings. The maximum absolute atomic E-state index is 12.5. The molecule has 152 valence electrons. The minimum absolute atomic E-state index is 0. The normalized spacial score (nSPS) is 23.2. The first-order valence-electron chi connectivity index (χ1n) is 9.20. The van der Waals surface area contributed by atoms with Gasteiger partial charge in [0.2, 0.25) is 0 Å². The van der Waals surface area contributed by atoms with Gasteiger partial charge in [-0.15, -0.1) is 24.0 Å². The molecule has 0 radical (unpaired) electrons. The molecule has 5 nitrogen and oxygen atoms in total. The highest BCUT2D eigenvalue weighted by Crippen LogP contribution is 2.57. The van der Waals surface area contributed by atoms with Crippen LogP contribution < -0.4 is 15.4 Å². The molecule has 2 unspecified atom stereocenters. The lowest BCUT2D eigenvalue weighted by molar-refractivity contribution is -0.168. The van der Waals surface area contributed by atoms with Gasteiger partial charge in [-0.2, -0.15) is 8.78 Å². The van der Waals surface area contributed by atoms with Crippen molar-refractivity contribution in [2.24, 2.45) is 10.4 Å². The zero-order valence-corrected chi connectivity index (χ0v) is 18.0. The van der Waals surface area contributed by atoms with Crippen molar-refractivity contribution in [2.75, 3.05) is 13.7 Å². The van der Waals surface area contributed by atoms with Gasteiger partial charge in [0, 0.05) is 37.2 Å². The Morgan fingerprint density at radius 1 is 1.33 bits per heavy atom. The Hall–Kier alpha value is -1.16.